The van der Waals surface area contributed by atoms with Crippen LogP contribution in [0.3, 0.4) is 0 Å². The number of carbonyl (C=O) groups is 1. The molecule has 32 heavy (non-hydrogen) atoms. The number of methoxy groups -OCH3 is 2. The van der Waals surface area contributed by atoms with E-state index in [9.17, 15) is 4.79 Å². The highest BCUT2D eigenvalue weighted by Crippen LogP contribution is 2.29. The fourth-order valence-electron chi connectivity index (χ4n) is 3.64. The molecule has 0 unspecified atom stereocenters. The van der Waals surface area contributed by atoms with E-state index in [-0.39, 0.29) is 5.91 Å². The second-order valence-electron chi connectivity index (χ2n) is 7.38. The number of rotatable bonds is 6. The van der Waals surface area contributed by atoms with Crippen molar-refractivity contribution in [3.63, 3.8) is 0 Å². The van der Waals surface area contributed by atoms with E-state index >= 15 is 0 Å². The van der Waals surface area contributed by atoms with Crippen LogP contribution in [-0.4, -0.2) is 61.2 Å². The fourth-order valence-corrected chi connectivity index (χ4v) is 3.64. The van der Waals surface area contributed by atoms with Gasteiger partial charge in [-0.25, -0.2) is 4.98 Å². The molecule has 1 aromatic heterocycles. The summed E-state index contributed by atoms with van der Waals surface area (Å²) in [5.41, 5.74) is 0.576. The molecule has 8 heteroatoms. The van der Waals surface area contributed by atoms with Crippen LogP contribution >= 0.6 is 0 Å². The van der Waals surface area contributed by atoms with Gasteiger partial charge in [0.2, 0.25) is 5.88 Å². The molecule has 1 fully saturated rings. The zero-order valence-electron chi connectivity index (χ0n) is 18.4. The molecule has 1 saturated heterocycles. The topological polar surface area (TPSA) is 77.0 Å². The van der Waals surface area contributed by atoms with Crippen molar-refractivity contribution < 1.29 is 19.0 Å². The molecule has 1 amide bonds. The van der Waals surface area contributed by atoms with Crippen LogP contribution in [0.25, 0.3) is 0 Å². The van der Waals surface area contributed by atoms with Crippen LogP contribution in [0.2, 0.25) is 0 Å². The van der Waals surface area contributed by atoms with Gasteiger partial charge in [0.15, 0.2) is 11.5 Å². The Kier molecular flexibility index (Phi) is 6.39. The number of aromatic nitrogens is 2. The summed E-state index contributed by atoms with van der Waals surface area (Å²) >= 11 is 0. The Morgan fingerprint density at radius 2 is 1.59 bits per heavy atom. The summed E-state index contributed by atoms with van der Waals surface area (Å²) < 4.78 is 16.5. The van der Waals surface area contributed by atoms with Crippen LogP contribution in [0.15, 0.2) is 54.6 Å². The summed E-state index contributed by atoms with van der Waals surface area (Å²) in [4.78, 5) is 25.9. The zero-order valence-corrected chi connectivity index (χ0v) is 18.4. The number of benzene rings is 2. The van der Waals surface area contributed by atoms with Gasteiger partial charge in [-0.05, 0) is 37.3 Å². The van der Waals surface area contributed by atoms with E-state index in [2.05, 4.69) is 14.9 Å². The first kappa shape index (κ1) is 21.4. The third kappa shape index (κ3) is 4.74. The molecule has 0 radical (unpaired) electrons. The number of ether oxygens (including phenoxy) is 3. The third-order valence-electron chi connectivity index (χ3n) is 5.29. The van der Waals surface area contributed by atoms with Crippen molar-refractivity contribution in [3.05, 3.63) is 66.0 Å². The average molecular weight is 434 g/mol. The van der Waals surface area contributed by atoms with E-state index in [1.807, 2.05) is 48.2 Å². The summed E-state index contributed by atoms with van der Waals surface area (Å²) in [5.74, 6) is 3.77. The number of piperazine rings is 1. The molecule has 3 aromatic rings. The Morgan fingerprint density at radius 3 is 2.28 bits per heavy atom. The molecule has 0 atom stereocenters. The van der Waals surface area contributed by atoms with Crippen molar-refractivity contribution in [2.24, 2.45) is 0 Å². The van der Waals surface area contributed by atoms with Gasteiger partial charge in [0.1, 0.15) is 17.4 Å². The van der Waals surface area contributed by atoms with Gasteiger partial charge < -0.3 is 24.0 Å². The largest absolute Gasteiger partial charge is 0.493 e. The van der Waals surface area contributed by atoms with Crippen molar-refractivity contribution in [2.45, 2.75) is 6.92 Å². The Morgan fingerprint density at radius 1 is 0.875 bits per heavy atom. The summed E-state index contributed by atoms with van der Waals surface area (Å²) in [6.45, 7) is 4.36. The first-order chi connectivity index (χ1) is 15.6. The highest BCUT2D eigenvalue weighted by atomic mass is 16.5. The first-order valence-electron chi connectivity index (χ1n) is 10.4. The Hall–Kier alpha value is -3.81. The highest BCUT2D eigenvalue weighted by molar-refractivity contribution is 5.95. The lowest BCUT2D eigenvalue weighted by Gasteiger charge is -2.35. The molecule has 8 nitrogen and oxygen atoms in total. The number of amides is 1. The lowest BCUT2D eigenvalue weighted by atomic mass is 10.1. The summed E-state index contributed by atoms with van der Waals surface area (Å²) in [6.07, 6.45) is 0. The summed E-state index contributed by atoms with van der Waals surface area (Å²) in [6, 6.07) is 16.6. The minimum absolute atomic E-state index is 0.0300. The average Bonchev–Trinajstić information content (AvgIpc) is 2.83. The maximum atomic E-state index is 13.0. The first-order valence-corrected chi connectivity index (χ1v) is 10.4. The second kappa shape index (κ2) is 9.55. The van der Waals surface area contributed by atoms with E-state index < -0.39 is 0 Å². The minimum Gasteiger partial charge on any atom is -0.493 e. The monoisotopic (exact) mass is 434 g/mol. The molecule has 4 rings (SSSR count). The van der Waals surface area contributed by atoms with Gasteiger partial charge in [-0.1, -0.05) is 18.2 Å². The van der Waals surface area contributed by atoms with Gasteiger partial charge in [-0.3, -0.25) is 4.79 Å². The molecular formula is C24H26N4O4. The van der Waals surface area contributed by atoms with Crippen LogP contribution in [0.5, 0.6) is 23.1 Å². The normalized spacial score (nSPS) is 13.6. The fraction of sp³-hybridized carbons (Fsp3) is 0.292. The number of aryl methyl sites for hydroxylation is 1. The number of para-hydroxylation sites is 1. The van der Waals surface area contributed by atoms with Crippen LogP contribution in [0.4, 0.5) is 5.82 Å². The van der Waals surface area contributed by atoms with E-state index in [0.29, 0.717) is 54.9 Å². The molecule has 1 aliphatic rings. The molecule has 0 N–H and O–H groups in total. The number of hydrogen-bond donors (Lipinski definition) is 0. The predicted octanol–water partition coefficient (Wildman–Crippen LogP) is 3.56. The van der Waals surface area contributed by atoms with E-state index in [4.69, 9.17) is 14.2 Å². The molecule has 2 aromatic carbocycles. The third-order valence-corrected chi connectivity index (χ3v) is 5.29. The number of nitrogens with zero attached hydrogens (tertiary/aromatic N) is 4. The Labute approximate surface area is 187 Å². The van der Waals surface area contributed by atoms with Gasteiger partial charge in [-0.15, -0.1) is 0 Å². The van der Waals surface area contributed by atoms with Crippen LogP contribution in [0, 0.1) is 6.92 Å². The molecule has 0 bridgehead atoms. The molecule has 0 spiro atoms. The van der Waals surface area contributed by atoms with Crippen molar-refractivity contribution in [1.82, 2.24) is 14.9 Å². The Bertz CT molecular complexity index is 1080. The van der Waals surface area contributed by atoms with Crippen molar-refractivity contribution in [1.29, 1.82) is 0 Å². The summed E-state index contributed by atoms with van der Waals surface area (Å²) in [5, 5.41) is 0. The quantitative estimate of drug-likeness (QED) is 0.587. The van der Waals surface area contributed by atoms with E-state index in [1.54, 1.807) is 32.4 Å². The van der Waals surface area contributed by atoms with Gasteiger partial charge in [-0.2, -0.15) is 4.98 Å². The number of carbonyl (C=O) groups excluding carboxylic acids is 1. The molecule has 2 heterocycles. The molecule has 0 aliphatic carbocycles. The van der Waals surface area contributed by atoms with Gasteiger partial charge >= 0.3 is 0 Å². The molecule has 1 aliphatic heterocycles. The maximum Gasteiger partial charge on any atom is 0.254 e. The standard InChI is InChI=1S/C24H26N4O4/c1-17-25-22(16-23(26-17)32-19-7-5-4-6-8-19)27-11-13-28(14-12-27)24(29)18-9-10-20(30-2)21(15-18)31-3/h4-10,15-16H,11-14H2,1-3H3. The summed E-state index contributed by atoms with van der Waals surface area (Å²) in [7, 11) is 3.13. The van der Waals surface area contributed by atoms with Crippen LogP contribution in [0.1, 0.15) is 16.2 Å². The number of hydrogen-bond acceptors (Lipinski definition) is 7. The van der Waals surface area contributed by atoms with Crippen LogP contribution in [-0.2, 0) is 0 Å². The predicted molar refractivity (Wildman–Crippen MR) is 121 cm³/mol. The molecule has 166 valence electrons. The van der Waals surface area contributed by atoms with Gasteiger partial charge in [0.25, 0.3) is 5.91 Å². The highest BCUT2D eigenvalue weighted by Gasteiger charge is 2.24. The van der Waals surface area contributed by atoms with E-state index in [0.717, 1.165) is 11.6 Å². The number of anilines is 1. The Balaban J connectivity index is 1.43. The lowest BCUT2D eigenvalue weighted by molar-refractivity contribution is 0.0746. The molecule has 0 saturated carbocycles. The smallest absolute Gasteiger partial charge is 0.254 e. The maximum absolute atomic E-state index is 13.0. The van der Waals surface area contributed by atoms with E-state index in [1.165, 1.54) is 0 Å². The van der Waals surface area contributed by atoms with Crippen molar-refractivity contribution in [3.8, 4) is 23.1 Å². The van der Waals surface area contributed by atoms with Crippen molar-refractivity contribution in [2.75, 3.05) is 45.3 Å². The minimum atomic E-state index is -0.0300. The van der Waals surface area contributed by atoms with Crippen LogP contribution < -0.4 is 19.1 Å². The molecular weight excluding hydrogens is 408 g/mol. The van der Waals surface area contributed by atoms with Gasteiger partial charge in [0, 0.05) is 37.8 Å². The van der Waals surface area contributed by atoms with Crippen molar-refractivity contribution >= 4 is 11.7 Å². The SMILES string of the molecule is COc1ccc(C(=O)N2CCN(c3cc(Oc4ccccc4)nc(C)n3)CC2)cc1OC. The second-order valence-corrected chi connectivity index (χ2v) is 7.38. The van der Waals surface area contributed by atoms with Gasteiger partial charge in [0.05, 0.1) is 14.2 Å². The lowest BCUT2D eigenvalue weighted by Crippen LogP contribution is -2.49. The zero-order chi connectivity index (χ0) is 22.5.